The van der Waals surface area contributed by atoms with Gasteiger partial charge in [0.1, 0.15) is 5.82 Å². The first-order valence-corrected chi connectivity index (χ1v) is 7.49. The molecule has 1 fully saturated rings. The molecule has 2 atom stereocenters. The molecule has 2 unspecified atom stereocenters. The lowest BCUT2D eigenvalue weighted by Gasteiger charge is -2.34. The van der Waals surface area contributed by atoms with Crippen LogP contribution in [0.5, 0.6) is 0 Å². The Balaban J connectivity index is 1.91. The number of piperidine rings is 1. The van der Waals surface area contributed by atoms with E-state index in [1.54, 1.807) is 6.07 Å². The highest BCUT2D eigenvalue weighted by Crippen LogP contribution is 2.19. The Kier molecular flexibility index (Phi) is 5.31. The van der Waals surface area contributed by atoms with Crippen molar-refractivity contribution in [1.29, 1.82) is 0 Å². The van der Waals surface area contributed by atoms with Gasteiger partial charge in [-0.3, -0.25) is 9.69 Å². The number of carbonyl (C=O) groups is 1. The zero-order valence-electron chi connectivity index (χ0n) is 12.7. The van der Waals surface area contributed by atoms with Gasteiger partial charge in [0.25, 0.3) is 0 Å². The molecule has 2 rings (SSSR count). The highest BCUT2D eigenvalue weighted by Gasteiger charge is 2.24. The average molecular weight is 293 g/mol. The number of amides is 1. The molecule has 21 heavy (non-hydrogen) atoms. The molecule has 0 aliphatic carbocycles. The maximum Gasteiger partial charge on any atom is 0.238 e. The summed E-state index contributed by atoms with van der Waals surface area (Å²) >= 11 is 0. The van der Waals surface area contributed by atoms with Crippen LogP contribution in [-0.2, 0) is 4.79 Å². The summed E-state index contributed by atoms with van der Waals surface area (Å²) in [6.45, 7) is 5.97. The number of aryl methyl sites for hydroxylation is 1. The maximum atomic E-state index is 13.2. The van der Waals surface area contributed by atoms with Crippen molar-refractivity contribution in [3.05, 3.63) is 29.6 Å². The Morgan fingerprint density at radius 3 is 3.05 bits per heavy atom. The molecule has 1 amide bonds. The van der Waals surface area contributed by atoms with Crippen LogP contribution in [0.3, 0.4) is 0 Å². The summed E-state index contributed by atoms with van der Waals surface area (Å²) in [5.41, 5.74) is 7.35. The van der Waals surface area contributed by atoms with Crippen molar-refractivity contribution in [3.8, 4) is 0 Å². The molecule has 4 nitrogen and oxygen atoms in total. The normalized spacial score (nSPS) is 21.0. The van der Waals surface area contributed by atoms with E-state index in [0.717, 1.165) is 31.5 Å². The van der Waals surface area contributed by atoms with Crippen LogP contribution in [-0.4, -0.2) is 36.5 Å². The zero-order valence-corrected chi connectivity index (χ0v) is 12.7. The minimum Gasteiger partial charge on any atom is -0.328 e. The number of rotatable bonds is 4. The van der Waals surface area contributed by atoms with E-state index < -0.39 is 0 Å². The Labute approximate surface area is 125 Å². The fourth-order valence-electron chi connectivity index (χ4n) is 2.79. The summed E-state index contributed by atoms with van der Waals surface area (Å²) in [6.07, 6.45) is 2.19. The maximum absolute atomic E-state index is 13.2. The molecule has 0 radical (unpaired) electrons. The minimum atomic E-state index is -0.342. The lowest BCUT2D eigenvalue weighted by atomic mass is 9.92. The molecule has 116 valence electrons. The number of nitrogens with zero attached hydrogens (tertiary/aromatic N) is 1. The number of nitrogens with one attached hydrogen (secondary N) is 1. The van der Waals surface area contributed by atoms with Crippen LogP contribution in [0.25, 0.3) is 0 Å². The first-order chi connectivity index (χ1) is 9.95. The van der Waals surface area contributed by atoms with E-state index in [1.165, 1.54) is 12.1 Å². The third-order valence-corrected chi connectivity index (χ3v) is 4.13. The zero-order chi connectivity index (χ0) is 15.4. The molecule has 0 aromatic heterocycles. The van der Waals surface area contributed by atoms with Gasteiger partial charge in [-0.25, -0.2) is 4.39 Å². The molecule has 1 aliphatic heterocycles. The van der Waals surface area contributed by atoms with Crippen LogP contribution < -0.4 is 11.1 Å². The molecule has 1 aromatic carbocycles. The van der Waals surface area contributed by atoms with E-state index in [4.69, 9.17) is 5.73 Å². The number of nitrogens with two attached hydrogens (primary N) is 1. The first-order valence-electron chi connectivity index (χ1n) is 7.49. The van der Waals surface area contributed by atoms with Gasteiger partial charge in [-0.1, -0.05) is 6.07 Å². The number of hydrogen-bond donors (Lipinski definition) is 2. The minimum absolute atomic E-state index is 0.103. The van der Waals surface area contributed by atoms with Crippen LogP contribution in [0.1, 0.15) is 25.3 Å². The van der Waals surface area contributed by atoms with Gasteiger partial charge in [-0.05, 0) is 56.8 Å². The van der Waals surface area contributed by atoms with E-state index in [1.807, 2.05) is 13.8 Å². The largest absolute Gasteiger partial charge is 0.328 e. The number of carbonyl (C=O) groups excluding carboxylic acids is 1. The predicted molar refractivity (Wildman–Crippen MR) is 82.6 cm³/mol. The van der Waals surface area contributed by atoms with Crippen LogP contribution in [0.4, 0.5) is 10.1 Å². The van der Waals surface area contributed by atoms with E-state index in [-0.39, 0.29) is 17.8 Å². The Morgan fingerprint density at radius 2 is 2.33 bits per heavy atom. The lowest BCUT2D eigenvalue weighted by Crippen LogP contribution is -2.45. The molecule has 3 N–H and O–H groups in total. The Hall–Kier alpha value is -1.46. The first kappa shape index (κ1) is 15.9. The van der Waals surface area contributed by atoms with Crippen molar-refractivity contribution in [3.63, 3.8) is 0 Å². The standard InChI is InChI=1S/C16H24FN3O/c1-11-5-6-14(17)8-15(11)19-16(21)10-20-7-3-4-13(9-20)12(2)18/h5-6,8,12-13H,3-4,7,9-10,18H2,1-2H3,(H,19,21). The third kappa shape index (κ3) is 4.51. The monoisotopic (exact) mass is 293 g/mol. The molecule has 0 bridgehead atoms. The van der Waals surface area contributed by atoms with Crippen LogP contribution in [0.2, 0.25) is 0 Å². The second-order valence-electron chi connectivity index (χ2n) is 6.00. The number of hydrogen-bond acceptors (Lipinski definition) is 3. The molecular formula is C16H24FN3O. The molecular weight excluding hydrogens is 269 g/mol. The molecule has 1 heterocycles. The van der Waals surface area contributed by atoms with Gasteiger partial charge in [0, 0.05) is 18.3 Å². The SMILES string of the molecule is Cc1ccc(F)cc1NC(=O)CN1CCCC(C(C)N)C1. The number of benzene rings is 1. The number of likely N-dealkylation sites (tertiary alicyclic amines) is 1. The van der Waals surface area contributed by atoms with Gasteiger partial charge < -0.3 is 11.1 Å². The van der Waals surface area contributed by atoms with Crippen molar-refractivity contribution in [1.82, 2.24) is 4.90 Å². The topological polar surface area (TPSA) is 58.4 Å². The fraction of sp³-hybridized carbons (Fsp3) is 0.562. The number of anilines is 1. The summed E-state index contributed by atoms with van der Waals surface area (Å²) in [6, 6.07) is 4.57. The van der Waals surface area contributed by atoms with Crippen molar-refractivity contribution in [2.45, 2.75) is 32.7 Å². The summed E-state index contributed by atoms with van der Waals surface area (Å²) < 4.78 is 13.2. The molecule has 0 spiro atoms. The predicted octanol–water partition coefficient (Wildman–Crippen LogP) is 2.13. The van der Waals surface area contributed by atoms with E-state index in [2.05, 4.69) is 10.2 Å². The fourth-order valence-corrected chi connectivity index (χ4v) is 2.79. The van der Waals surface area contributed by atoms with Gasteiger partial charge in [-0.2, -0.15) is 0 Å². The van der Waals surface area contributed by atoms with E-state index >= 15 is 0 Å². The summed E-state index contributed by atoms with van der Waals surface area (Å²) in [4.78, 5) is 14.2. The summed E-state index contributed by atoms with van der Waals surface area (Å²) in [5.74, 6) is 0.00220. The van der Waals surface area contributed by atoms with Crippen molar-refractivity contribution in [2.24, 2.45) is 11.7 Å². The van der Waals surface area contributed by atoms with Gasteiger partial charge in [-0.15, -0.1) is 0 Å². The van der Waals surface area contributed by atoms with Gasteiger partial charge in [0.15, 0.2) is 0 Å². The van der Waals surface area contributed by atoms with Gasteiger partial charge in [0.2, 0.25) is 5.91 Å². The van der Waals surface area contributed by atoms with Crippen molar-refractivity contribution in [2.75, 3.05) is 25.0 Å². The second-order valence-corrected chi connectivity index (χ2v) is 6.00. The van der Waals surface area contributed by atoms with Gasteiger partial charge in [0.05, 0.1) is 6.54 Å². The molecule has 1 saturated heterocycles. The Bertz CT molecular complexity index is 504. The lowest BCUT2D eigenvalue weighted by molar-refractivity contribution is -0.117. The molecule has 1 aromatic rings. The van der Waals surface area contributed by atoms with E-state index in [0.29, 0.717) is 18.2 Å². The van der Waals surface area contributed by atoms with Crippen molar-refractivity contribution >= 4 is 11.6 Å². The van der Waals surface area contributed by atoms with Crippen molar-refractivity contribution < 1.29 is 9.18 Å². The van der Waals surface area contributed by atoms with Crippen LogP contribution in [0.15, 0.2) is 18.2 Å². The molecule has 5 heteroatoms. The van der Waals surface area contributed by atoms with Crippen LogP contribution in [0, 0.1) is 18.7 Å². The molecule has 1 aliphatic rings. The third-order valence-electron chi connectivity index (χ3n) is 4.13. The smallest absolute Gasteiger partial charge is 0.238 e. The summed E-state index contributed by atoms with van der Waals surface area (Å²) in [5, 5.41) is 2.79. The molecule has 0 saturated carbocycles. The average Bonchev–Trinajstić information content (AvgIpc) is 2.43. The highest BCUT2D eigenvalue weighted by molar-refractivity contribution is 5.92. The van der Waals surface area contributed by atoms with Gasteiger partial charge >= 0.3 is 0 Å². The summed E-state index contributed by atoms with van der Waals surface area (Å²) in [7, 11) is 0. The van der Waals surface area contributed by atoms with E-state index in [9.17, 15) is 9.18 Å². The van der Waals surface area contributed by atoms with Crippen LogP contribution >= 0.6 is 0 Å². The number of halogens is 1. The second kappa shape index (κ2) is 7.00. The quantitative estimate of drug-likeness (QED) is 0.894. The highest BCUT2D eigenvalue weighted by atomic mass is 19.1. The Morgan fingerprint density at radius 1 is 1.57 bits per heavy atom.